The van der Waals surface area contributed by atoms with Gasteiger partial charge in [-0.05, 0) is 17.7 Å². The molecule has 1 aromatic heterocycles. The number of halogens is 1. The standard InChI is InChI=1S/C10H8FN2S/c11-9-3-1-8(2-4-9)5-12-10-6-14-7-13-10/h1-4,6,12H,5H2. The number of aromatic nitrogens is 1. The van der Waals surface area contributed by atoms with E-state index in [0.29, 0.717) is 6.54 Å². The topological polar surface area (TPSA) is 24.9 Å². The van der Waals surface area contributed by atoms with E-state index in [2.05, 4.69) is 15.8 Å². The molecule has 0 aliphatic heterocycles. The lowest BCUT2D eigenvalue weighted by molar-refractivity contribution is 0.627. The van der Waals surface area contributed by atoms with Crippen molar-refractivity contribution in [1.82, 2.24) is 4.98 Å². The molecule has 0 amide bonds. The molecule has 0 aliphatic rings. The maximum Gasteiger partial charge on any atom is 0.154 e. The molecule has 1 radical (unpaired) electrons. The van der Waals surface area contributed by atoms with Crippen molar-refractivity contribution in [2.75, 3.05) is 5.32 Å². The minimum absolute atomic E-state index is 0.212. The second-order valence-electron chi connectivity index (χ2n) is 2.80. The van der Waals surface area contributed by atoms with Crippen molar-refractivity contribution in [2.45, 2.75) is 6.54 Å². The minimum atomic E-state index is -0.212. The largest absolute Gasteiger partial charge is 0.365 e. The molecule has 0 spiro atoms. The number of hydrogen-bond donors (Lipinski definition) is 1. The summed E-state index contributed by atoms with van der Waals surface area (Å²) in [5.41, 5.74) is 3.77. The minimum Gasteiger partial charge on any atom is -0.365 e. The van der Waals surface area contributed by atoms with Gasteiger partial charge in [0.2, 0.25) is 0 Å². The molecule has 2 rings (SSSR count). The first-order valence-electron chi connectivity index (χ1n) is 4.14. The average molecular weight is 207 g/mol. The molecular formula is C10H8FN2S. The van der Waals surface area contributed by atoms with Crippen LogP contribution < -0.4 is 5.32 Å². The predicted molar refractivity (Wildman–Crippen MR) is 54.7 cm³/mol. The summed E-state index contributed by atoms with van der Waals surface area (Å²) >= 11 is 1.42. The lowest BCUT2D eigenvalue weighted by Gasteiger charge is -2.02. The molecule has 2 nitrogen and oxygen atoms in total. The molecular weight excluding hydrogens is 199 g/mol. The zero-order valence-electron chi connectivity index (χ0n) is 7.33. The van der Waals surface area contributed by atoms with Crippen LogP contribution in [0.5, 0.6) is 0 Å². The van der Waals surface area contributed by atoms with Crippen LogP contribution in [0.1, 0.15) is 5.56 Å². The Kier molecular flexibility index (Phi) is 2.74. The van der Waals surface area contributed by atoms with E-state index in [4.69, 9.17) is 0 Å². The second-order valence-corrected chi connectivity index (χ2v) is 3.46. The van der Waals surface area contributed by atoms with E-state index >= 15 is 0 Å². The van der Waals surface area contributed by atoms with Crippen molar-refractivity contribution in [3.63, 3.8) is 0 Å². The van der Waals surface area contributed by atoms with Crippen molar-refractivity contribution in [1.29, 1.82) is 0 Å². The number of thiazole rings is 1. The second kappa shape index (κ2) is 4.19. The molecule has 2 aromatic rings. The Bertz CT molecular complexity index is 383. The zero-order valence-corrected chi connectivity index (χ0v) is 8.14. The van der Waals surface area contributed by atoms with E-state index in [1.54, 1.807) is 12.1 Å². The van der Waals surface area contributed by atoms with E-state index in [1.807, 2.05) is 5.38 Å². The summed E-state index contributed by atoms with van der Waals surface area (Å²) in [7, 11) is 0. The highest BCUT2D eigenvalue weighted by molar-refractivity contribution is 7.07. The van der Waals surface area contributed by atoms with Crippen LogP contribution >= 0.6 is 11.3 Å². The molecule has 0 saturated carbocycles. The van der Waals surface area contributed by atoms with Crippen LogP contribution in [0.3, 0.4) is 0 Å². The third-order valence-electron chi connectivity index (χ3n) is 1.78. The highest BCUT2D eigenvalue weighted by Gasteiger charge is 1.95. The Balaban J connectivity index is 1.95. The first-order valence-corrected chi connectivity index (χ1v) is 5.02. The lowest BCUT2D eigenvalue weighted by Crippen LogP contribution is -1.99. The quantitative estimate of drug-likeness (QED) is 0.837. The van der Waals surface area contributed by atoms with Crippen molar-refractivity contribution in [3.8, 4) is 0 Å². The fourth-order valence-corrected chi connectivity index (χ4v) is 1.51. The molecule has 0 saturated heterocycles. The van der Waals surface area contributed by atoms with Crippen LogP contribution in [0.25, 0.3) is 0 Å². The fraction of sp³-hybridized carbons (Fsp3) is 0.100. The van der Waals surface area contributed by atoms with Gasteiger partial charge in [-0.2, -0.15) is 0 Å². The van der Waals surface area contributed by atoms with Gasteiger partial charge in [0.15, 0.2) is 5.51 Å². The predicted octanol–water partition coefficient (Wildman–Crippen LogP) is 2.69. The molecule has 1 aromatic carbocycles. The van der Waals surface area contributed by atoms with Gasteiger partial charge in [-0.3, -0.25) is 0 Å². The Morgan fingerprint density at radius 3 is 2.79 bits per heavy atom. The van der Waals surface area contributed by atoms with E-state index in [0.717, 1.165) is 11.4 Å². The van der Waals surface area contributed by atoms with E-state index in [1.165, 1.54) is 23.5 Å². The van der Waals surface area contributed by atoms with Crippen LogP contribution in [0.4, 0.5) is 10.2 Å². The molecule has 71 valence electrons. The first kappa shape index (κ1) is 9.15. The van der Waals surface area contributed by atoms with Crippen LogP contribution in [0, 0.1) is 11.3 Å². The summed E-state index contributed by atoms with van der Waals surface area (Å²) in [6, 6.07) is 6.39. The molecule has 0 atom stereocenters. The van der Waals surface area contributed by atoms with E-state index < -0.39 is 0 Å². The molecule has 0 bridgehead atoms. The molecule has 1 heterocycles. The Hall–Kier alpha value is -1.42. The summed E-state index contributed by atoms with van der Waals surface area (Å²) in [4.78, 5) is 3.96. The van der Waals surface area contributed by atoms with Crippen molar-refractivity contribution >= 4 is 17.2 Å². The molecule has 0 unspecified atom stereocenters. The number of anilines is 1. The lowest BCUT2D eigenvalue weighted by atomic mass is 10.2. The molecule has 1 N–H and O–H groups in total. The zero-order chi connectivity index (χ0) is 9.80. The van der Waals surface area contributed by atoms with Gasteiger partial charge in [-0.15, -0.1) is 11.3 Å². The summed E-state index contributed by atoms with van der Waals surface area (Å²) < 4.78 is 12.6. The molecule has 4 heteroatoms. The third-order valence-corrected chi connectivity index (χ3v) is 2.31. The fourth-order valence-electron chi connectivity index (χ4n) is 1.06. The number of benzene rings is 1. The van der Waals surface area contributed by atoms with Gasteiger partial charge in [0.25, 0.3) is 0 Å². The molecule has 0 fully saturated rings. The van der Waals surface area contributed by atoms with Gasteiger partial charge < -0.3 is 5.32 Å². The third kappa shape index (κ3) is 2.29. The first-order chi connectivity index (χ1) is 6.84. The summed E-state index contributed by atoms with van der Waals surface area (Å²) in [6.07, 6.45) is 0. The number of hydrogen-bond acceptors (Lipinski definition) is 3. The summed E-state index contributed by atoms with van der Waals surface area (Å²) in [5.74, 6) is 0.593. The number of nitrogens with one attached hydrogen (secondary N) is 1. The number of nitrogens with zero attached hydrogens (tertiary/aromatic N) is 1. The van der Waals surface area contributed by atoms with Gasteiger partial charge in [-0.25, -0.2) is 9.37 Å². The van der Waals surface area contributed by atoms with Gasteiger partial charge in [0, 0.05) is 11.9 Å². The van der Waals surface area contributed by atoms with Crippen LogP contribution in [-0.2, 0) is 6.54 Å². The van der Waals surface area contributed by atoms with Gasteiger partial charge in [-0.1, -0.05) is 12.1 Å². The van der Waals surface area contributed by atoms with Gasteiger partial charge in [0.05, 0.1) is 0 Å². The smallest absolute Gasteiger partial charge is 0.154 e. The maximum atomic E-state index is 12.6. The maximum absolute atomic E-state index is 12.6. The summed E-state index contributed by atoms with van der Waals surface area (Å²) in [5, 5.41) is 4.98. The highest BCUT2D eigenvalue weighted by atomic mass is 32.1. The van der Waals surface area contributed by atoms with Crippen LogP contribution in [0.15, 0.2) is 29.6 Å². The Morgan fingerprint density at radius 1 is 1.36 bits per heavy atom. The van der Waals surface area contributed by atoms with Crippen molar-refractivity contribution in [3.05, 3.63) is 46.5 Å². The van der Waals surface area contributed by atoms with Gasteiger partial charge in [0.1, 0.15) is 11.6 Å². The monoisotopic (exact) mass is 207 g/mol. The normalized spacial score (nSPS) is 10.1. The van der Waals surface area contributed by atoms with Crippen molar-refractivity contribution in [2.24, 2.45) is 0 Å². The summed E-state index contributed by atoms with van der Waals surface area (Å²) in [6.45, 7) is 0.651. The van der Waals surface area contributed by atoms with Crippen molar-refractivity contribution < 1.29 is 4.39 Å². The average Bonchev–Trinajstić information content (AvgIpc) is 2.70. The highest BCUT2D eigenvalue weighted by Crippen LogP contribution is 2.09. The van der Waals surface area contributed by atoms with E-state index in [9.17, 15) is 4.39 Å². The van der Waals surface area contributed by atoms with Crippen LogP contribution in [-0.4, -0.2) is 4.98 Å². The van der Waals surface area contributed by atoms with E-state index in [-0.39, 0.29) is 5.82 Å². The Labute approximate surface area is 85.4 Å². The molecule has 14 heavy (non-hydrogen) atoms. The van der Waals surface area contributed by atoms with Gasteiger partial charge >= 0.3 is 0 Å². The van der Waals surface area contributed by atoms with Crippen LogP contribution in [0.2, 0.25) is 0 Å². The molecule has 0 aliphatic carbocycles. The Morgan fingerprint density at radius 2 is 2.14 bits per heavy atom. The number of rotatable bonds is 3. The SMILES string of the molecule is Fc1ccc(CNc2cs[c]n2)cc1.